The predicted octanol–water partition coefficient (Wildman–Crippen LogP) is 1.14. The molecule has 2 rings (SSSR count). The third kappa shape index (κ3) is 2.73. The average molecular weight is 261 g/mol. The maximum absolute atomic E-state index is 12.1. The van der Waals surface area contributed by atoms with Gasteiger partial charge in [0.25, 0.3) is 0 Å². The summed E-state index contributed by atoms with van der Waals surface area (Å²) in [7, 11) is 1.88. The summed E-state index contributed by atoms with van der Waals surface area (Å²) in [6.45, 7) is 8.60. The van der Waals surface area contributed by atoms with Crippen LogP contribution in [0.4, 0.5) is 5.69 Å². The van der Waals surface area contributed by atoms with Gasteiger partial charge >= 0.3 is 0 Å². The van der Waals surface area contributed by atoms with Crippen LogP contribution in [0.2, 0.25) is 0 Å². The molecular formula is C15H23N3O. The van der Waals surface area contributed by atoms with Gasteiger partial charge in [-0.05, 0) is 38.9 Å². The number of piperazine rings is 1. The highest BCUT2D eigenvalue weighted by molar-refractivity contribution is 5.87. The van der Waals surface area contributed by atoms with Crippen molar-refractivity contribution in [1.29, 1.82) is 0 Å². The summed E-state index contributed by atoms with van der Waals surface area (Å²) in [6, 6.07) is 4.25. The zero-order valence-corrected chi connectivity index (χ0v) is 12.2. The first-order valence-electron chi connectivity index (χ1n) is 6.81. The minimum Gasteiger partial charge on any atom is -0.356 e. The van der Waals surface area contributed by atoms with Crippen LogP contribution in [0, 0.1) is 20.8 Å². The predicted molar refractivity (Wildman–Crippen MR) is 78.7 cm³/mol. The van der Waals surface area contributed by atoms with E-state index in [-0.39, 0.29) is 11.9 Å². The molecule has 0 bridgehead atoms. The van der Waals surface area contributed by atoms with Gasteiger partial charge in [-0.3, -0.25) is 4.79 Å². The van der Waals surface area contributed by atoms with Gasteiger partial charge in [0.05, 0.1) is 0 Å². The summed E-state index contributed by atoms with van der Waals surface area (Å²) in [4.78, 5) is 14.3. The van der Waals surface area contributed by atoms with E-state index in [0.29, 0.717) is 13.1 Å². The molecule has 1 aromatic rings. The number of nitrogens with zero attached hydrogens (tertiary/aromatic N) is 1. The van der Waals surface area contributed by atoms with Gasteiger partial charge in [-0.25, -0.2) is 0 Å². The van der Waals surface area contributed by atoms with Crippen LogP contribution in [0.25, 0.3) is 0 Å². The Balaban J connectivity index is 2.40. The van der Waals surface area contributed by atoms with E-state index in [4.69, 9.17) is 0 Å². The van der Waals surface area contributed by atoms with Gasteiger partial charge in [-0.2, -0.15) is 0 Å². The molecule has 4 nitrogen and oxygen atoms in total. The second kappa shape index (κ2) is 5.61. The largest absolute Gasteiger partial charge is 0.356 e. The number of amides is 1. The van der Waals surface area contributed by atoms with Gasteiger partial charge < -0.3 is 15.5 Å². The maximum atomic E-state index is 12.1. The Morgan fingerprint density at radius 3 is 2.53 bits per heavy atom. The Labute approximate surface area is 115 Å². The van der Waals surface area contributed by atoms with Crippen LogP contribution in [0.1, 0.15) is 16.7 Å². The number of hydrogen-bond donors (Lipinski definition) is 2. The van der Waals surface area contributed by atoms with Gasteiger partial charge in [0, 0.05) is 25.3 Å². The summed E-state index contributed by atoms with van der Waals surface area (Å²) in [5.74, 6) is 0.111. The van der Waals surface area contributed by atoms with Crippen molar-refractivity contribution in [3.05, 3.63) is 28.8 Å². The molecule has 0 aromatic heterocycles. The van der Waals surface area contributed by atoms with Gasteiger partial charge in [0.1, 0.15) is 6.04 Å². The van der Waals surface area contributed by atoms with Crippen molar-refractivity contribution in [3.8, 4) is 0 Å². The molecule has 19 heavy (non-hydrogen) atoms. The zero-order valence-electron chi connectivity index (χ0n) is 12.2. The number of anilines is 1. The fourth-order valence-corrected chi connectivity index (χ4v) is 3.00. The second-order valence-electron chi connectivity index (χ2n) is 5.31. The summed E-state index contributed by atoms with van der Waals surface area (Å²) in [5, 5.41) is 6.06. The molecule has 1 aromatic carbocycles. The molecule has 2 N–H and O–H groups in total. The lowest BCUT2D eigenvalue weighted by Crippen LogP contribution is -2.59. The molecule has 0 aliphatic carbocycles. The second-order valence-corrected chi connectivity index (χ2v) is 5.31. The van der Waals surface area contributed by atoms with E-state index in [1.165, 1.54) is 22.4 Å². The first-order chi connectivity index (χ1) is 9.04. The maximum Gasteiger partial charge on any atom is 0.244 e. The summed E-state index contributed by atoms with van der Waals surface area (Å²) >= 11 is 0. The Hall–Kier alpha value is -1.55. The Kier molecular flexibility index (Phi) is 4.10. The van der Waals surface area contributed by atoms with Crippen LogP contribution >= 0.6 is 0 Å². The van der Waals surface area contributed by atoms with Crippen molar-refractivity contribution in [2.24, 2.45) is 0 Å². The molecule has 1 fully saturated rings. The van der Waals surface area contributed by atoms with Crippen molar-refractivity contribution < 1.29 is 4.79 Å². The third-order valence-electron chi connectivity index (χ3n) is 3.65. The van der Waals surface area contributed by atoms with Crippen LogP contribution in [0.5, 0.6) is 0 Å². The van der Waals surface area contributed by atoms with Crippen molar-refractivity contribution >= 4 is 11.6 Å². The molecule has 1 unspecified atom stereocenters. The molecule has 1 atom stereocenters. The number of aryl methyl sites for hydroxylation is 3. The van der Waals surface area contributed by atoms with E-state index < -0.39 is 0 Å². The topological polar surface area (TPSA) is 44.4 Å². The Morgan fingerprint density at radius 1 is 1.32 bits per heavy atom. The highest BCUT2D eigenvalue weighted by Gasteiger charge is 2.30. The molecule has 4 heteroatoms. The highest BCUT2D eigenvalue weighted by atomic mass is 16.2. The number of rotatable bonds is 3. The van der Waals surface area contributed by atoms with Crippen LogP contribution in [-0.4, -0.2) is 38.6 Å². The van der Waals surface area contributed by atoms with Gasteiger partial charge in [0.2, 0.25) is 5.91 Å². The fourth-order valence-electron chi connectivity index (χ4n) is 3.00. The summed E-state index contributed by atoms with van der Waals surface area (Å²) in [5.41, 5.74) is 4.97. The summed E-state index contributed by atoms with van der Waals surface area (Å²) in [6.07, 6.45) is 0. The molecule has 1 heterocycles. The SMILES string of the molecule is CNCC1C(=O)NCCN1c1c(C)cc(C)cc1C. The first-order valence-corrected chi connectivity index (χ1v) is 6.81. The first kappa shape index (κ1) is 13.9. The smallest absolute Gasteiger partial charge is 0.244 e. The van der Waals surface area contributed by atoms with E-state index in [1.807, 2.05) is 7.05 Å². The number of benzene rings is 1. The van der Waals surface area contributed by atoms with Gasteiger partial charge in [-0.15, -0.1) is 0 Å². The molecule has 104 valence electrons. The fraction of sp³-hybridized carbons (Fsp3) is 0.533. The monoisotopic (exact) mass is 261 g/mol. The van der Waals surface area contributed by atoms with Crippen molar-refractivity contribution in [2.45, 2.75) is 26.8 Å². The van der Waals surface area contributed by atoms with Crippen LogP contribution in [0.3, 0.4) is 0 Å². The third-order valence-corrected chi connectivity index (χ3v) is 3.65. The van der Waals surface area contributed by atoms with Crippen molar-refractivity contribution in [1.82, 2.24) is 10.6 Å². The Morgan fingerprint density at radius 2 is 1.95 bits per heavy atom. The minimum atomic E-state index is -0.126. The molecular weight excluding hydrogens is 238 g/mol. The lowest BCUT2D eigenvalue weighted by Gasteiger charge is -2.38. The van der Waals surface area contributed by atoms with E-state index in [0.717, 1.165) is 6.54 Å². The minimum absolute atomic E-state index is 0.111. The van der Waals surface area contributed by atoms with Crippen molar-refractivity contribution in [2.75, 3.05) is 31.6 Å². The molecule has 0 radical (unpaired) electrons. The average Bonchev–Trinajstić information content (AvgIpc) is 2.32. The number of nitrogens with one attached hydrogen (secondary N) is 2. The van der Waals surface area contributed by atoms with E-state index in [9.17, 15) is 4.79 Å². The molecule has 1 aliphatic heterocycles. The van der Waals surface area contributed by atoms with E-state index in [1.54, 1.807) is 0 Å². The number of hydrogen-bond acceptors (Lipinski definition) is 3. The lowest BCUT2D eigenvalue weighted by molar-refractivity contribution is -0.123. The van der Waals surface area contributed by atoms with Crippen LogP contribution in [-0.2, 0) is 4.79 Å². The Bertz CT molecular complexity index is 461. The number of likely N-dealkylation sites (N-methyl/N-ethyl adjacent to an activating group) is 1. The molecule has 0 spiro atoms. The van der Waals surface area contributed by atoms with Crippen LogP contribution in [0.15, 0.2) is 12.1 Å². The van der Waals surface area contributed by atoms with Gasteiger partial charge in [-0.1, -0.05) is 17.7 Å². The number of carbonyl (C=O) groups is 1. The number of carbonyl (C=O) groups excluding carboxylic acids is 1. The van der Waals surface area contributed by atoms with E-state index >= 15 is 0 Å². The normalized spacial score (nSPS) is 19.5. The van der Waals surface area contributed by atoms with Crippen molar-refractivity contribution in [3.63, 3.8) is 0 Å². The molecule has 0 saturated carbocycles. The zero-order chi connectivity index (χ0) is 14.0. The molecule has 1 amide bonds. The quantitative estimate of drug-likeness (QED) is 0.857. The highest BCUT2D eigenvalue weighted by Crippen LogP contribution is 2.28. The molecule has 1 saturated heterocycles. The van der Waals surface area contributed by atoms with E-state index in [2.05, 4.69) is 48.4 Å². The summed E-state index contributed by atoms with van der Waals surface area (Å²) < 4.78 is 0. The standard InChI is InChI=1S/C15H23N3O/c1-10-7-11(2)14(12(3)8-10)18-6-5-17-15(19)13(18)9-16-4/h7-8,13,16H,5-6,9H2,1-4H3,(H,17,19). The lowest BCUT2D eigenvalue weighted by atomic mass is 10.0. The van der Waals surface area contributed by atoms with Gasteiger partial charge in [0.15, 0.2) is 0 Å². The molecule has 1 aliphatic rings. The van der Waals surface area contributed by atoms with Crippen LogP contribution < -0.4 is 15.5 Å².